The molecule has 1 aromatic rings. The van der Waals surface area contributed by atoms with Crippen molar-refractivity contribution in [3.63, 3.8) is 0 Å². The van der Waals surface area contributed by atoms with Crippen molar-refractivity contribution in [2.24, 2.45) is 0 Å². The lowest BCUT2D eigenvalue weighted by atomic mass is 9.90. The van der Waals surface area contributed by atoms with Crippen LogP contribution in [0.3, 0.4) is 0 Å². The molecule has 3 N–H and O–H groups in total. The Morgan fingerprint density at radius 2 is 1.89 bits per heavy atom. The number of rotatable bonds is 2. The first kappa shape index (κ1) is 13.8. The van der Waals surface area contributed by atoms with Crippen molar-refractivity contribution in [3.8, 4) is 0 Å². The van der Waals surface area contributed by atoms with Gasteiger partial charge in [-0.15, -0.1) is 0 Å². The Morgan fingerprint density at radius 3 is 2.32 bits per heavy atom. The fourth-order valence-electron chi connectivity index (χ4n) is 2.14. The lowest BCUT2D eigenvalue weighted by Gasteiger charge is -2.22. The number of carbonyl (C=O) groups is 1. The van der Waals surface area contributed by atoms with E-state index in [4.69, 9.17) is 5.11 Å². The second-order valence-corrected chi connectivity index (χ2v) is 4.58. The number of aliphatic hydroxyl groups is 1. The molecule has 2 rings (SSSR count). The highest BCUT2D eigenvalue weighted by Gasteiger charge is 2.42. The van der Waals surface area contributed by atoms with Crippen molar-refractivity contribution >= 4 is 5.97 Å². The largest absolute Gasteiger partial charge is 0.480 e. The van der Waals surface area contributed by atoms with Crippen LogP contribution in [-0.4, -0.2) is 28.8 Å². The van der Waals surface area contributed by atoms with Gasteiger partial charge in [0.25, 0.3) is 0 Å². The topological polar surface area (TPSA) is 69.6 Å². The molecule has 1 aromatic carbocycles. The van der Waals surface area contributed by atoms with Gasteiger partial charge in [-0.05, 0) is 17.7 Å². The van der Waals surface area contributed by atoms with Gasteiger partial charge >= 0.3 is 12.1 Å². The molecule has 0 aliphatic carbocycles. The summed E-state index contributed by atoms with van der Waals surface area (Å²) in [7, 11) is 0. The van der Waals surface area contributed by atoms with Crippen LogP contribution in [-0.2, 0) is 16.6 Å². The fraction of sp³-hybridized carbons (Fsp3) is 0.417. The molecule has 1 fully saturated rings. The van der Waals surface area contributed by atoms with Gasteiger partial charge in [0.1, 0.15) is 11.6 Å². The van der Waals surface area contributed by atoms with E-state index in [9.17, 15) is 23.1 Å². The molecule has 1 aliphatic rings. The van der Waals surface area contributed by atoms with E-state index in [1.54, 1.807) is 0 Å². The van der Waals surface area contributed by atoms with Gasteiger partial charge in [-0.3, -0.25) is 4.79 Å². The summed E-state index contributed by atoms with van der Waals surface area (Å²) in [6, 6.07) is 3.21. The molecule has 0 radical (unpaired) electrons. The summed E-state index contributed by atoms with van der Waals surface area (Å²) < 4.78 is 37.2. The minimum Gasteiger partial charge on any atom is -0.480 e. The summed E-state index contributed by atoms with van der Waals surface area (Å²) in [4.78, 5) is 10.8. The average Bonchev–Trinajstić information content (AvgIpc) is 2.73. The molecule has 19 heavy (non-hydrogen) atoms. The van der Waals surface area contributed by atoms with E-state index in [1.165, 1.54) is 12.1 Å². The number of carboxylic acids is 1. The quantitative estimate of drug-likeness (QED) is 0.762. The number of halogens is 3. The van der Waals surface area contributed by atoms with Crippen LogP contribution < -0.4 is 5.32 Å². The molecule has 1 aliphatic heterocycles. The van der Waals surface area contributed by atoms with Gasteiger partial charge in [0, 0.05) is 13.0 Å². The Labute approximate surface area is 106 Å². The Kier molecular flexibility index (Phi) is 3.27. The predicted molar refractivity (Wildman–Crippen MR) is 59.4 cm³/mol. The zero-order valence-electron chi connectivity index (χ0n) is 9.74. The van der Waals surface area contributed by atoms with E-state index in [2.05, 4.69) is 5.32 Å². The molecule has 0 spiro atoms. The minimum atomic E-state index is -4.43. The van der Waals surface area contributed by atoms with Crippen LogP contribution >= 0.6 is 0 Å². The zero-order valence-corrected chi connectivity index (χ0v) is 9.74. The van der Waals surface area contributed by atoms with E-state index >= 15 is 0 Å². The molecule has 0 saturated carbocycles. The van der Waals surface area contributed by atoms with E-state index < -0.39 is 29.4 Å². The van der Waals surface area contributed by atoms with Gasteiger partial charge in [-0.25, -0.2) is 0 Å². The first-order valence-corrected chi connectivity index (χ1v) is 5.59. The Morgan fingerprint density at radius 1 is 1.32 bits per heavy atom. The molecule has 0 bridgehead atoms. The molecule has 1 heterocycles. The molecule has 0 aromatic heterocycles. The van der Waals surface area contributed by atoms with Gasteiger partial charge < -0.3 is 15.5 Å². The monoisotopic (exact) mass is 275 g/mol. The zero-order chi connectivity index (χ0) is 14.3. The lowest BCUT2D eigenvalue weighted by Crippen LogP contribution is -2.30. The fourth-order valence-corrected chi connectivity index (χ4v) is 2.14. The molecule has 7 heteroatoms. The third-order valence-corrected chi connectivity index (χ3v) is 3.23. The van der Waals surface area contributed by atoms with Crippen LogP contribution in [0, 0.1) is 0 Å². The van der Waals surface area contributed by atoms with E-state index in [1.807, 2.05) is 0 Å². The van der Waals surface area contributed by atoms with Gasteiger partial charge in [-0.1, -0.05) is 12.1 Å². The summed E-state index contributed by atoms with van der Waals surface area (Å²) in [6.07, 6.45) is -4.51. The van der Waals surface area contributed by atoms with Crippen molar-refractivity contribution in [2.45, 2.75) is 24.2 Å². The third kappa shape index (κ3) is 2.71. The number of β-amino-alcohol motifs (C(OH)–C–C–N with tert-alkyl or cyclic N) is 1. The normalized spacial score (nSPS) is 27.5. The molecule has 2 atom stereocenters. The average molecular weight is 275 g/mol. The summed E-state index contributed by atoms with van der Waals surface area (Å²) in [5, 5.41) is 21.7. The minimum absolute atomic E-state index is 0.00463. The highest BCUT2D eigenvalue weighted by atomic mass is 19.4. The van der Waals surface area contributed by atoms with E-state index in [0.717, 1.165) is 12.1 Å². The van der Waals surface area contributed by atoms with Crippen molar-refractivity contribution in [3.05, 3.63) is 35.4 Å². The number of benzene rings is 1. The first-order chi connectivity index (χ1) is 8.72. The summed E-state index contributed by atoms with van der Waals surface area (Å²) >= 11 is 0. The predicted octanol–water partition coefficient (Wildman–Crippen LogP) is 1.34. The summed E-state index contributed by atoms with van der Waals surface area (Å²) in [5.74, 6) is -1.09. The molecule has 1 unspecified atom stereocenters. The van der Waals surface area contributed by atoms with Gasteiger partial charge in [-0.2, -0.15) is 13.2 Å². The van der Waals surface area contributed by atoms with Crippen molar-refractivity contribution < 1.29 is 28.2 Å². The van der Waals surface area contributed by atoms with Gasteiger partial charge in [0.15, 0.2) is 0 Å². The maximum absolute atomic E-state index is 12.4. The number of aliphatic carboxylic acids is 1. The maximum atomic E-state index is 12.4. The smallest absolute Gasteiger partial charge is 0.416 e. The van der Waals surface area contributed by atoms with Gasteiger partial charge in [0.2, 0.25) is 0 Å². The Balaban J connectivity index is 2.21. The Hall–Kier alpha value is -1.60. The number of hydrogen-bond acceptors (Lipinski definition) is 3. The SMILES string of the molecule is O=C(O)[C@@H]1CC(O)(c2ccc(C(F)(F)F)cc2)CN1. The summed E-state index contributed by atoms with van der Waals surface area (Å²) in [6.45, 7) is -0.00463. The molecule has 104 valence electrons. The number of nitrogens with one attached hydrogen (secondary N) is 1. The molecular weight excluding hydrogens is 263 g/mol. The van der Waals surface area contributed by atoms with Crippen LogP contribution in [0.15, 0.2) is 24.3 Å². The Bertz CT molecular complexity index is 486. The number of carboxylic acid groups (broad SMARTS) is 1. The molecule has 1 saturated heterocycles. The van der Waals surface area contributed by atoms with Crippen molar-refractivity contribution in [1.29, 1.82) is 0 Å². The van der Waals surface area contributed by atoms with Crippen LogP contribution in [0.1, 0.15) is 17.5 Å². The molecule has 4 nitrogen and oxygen atoms in total. The molecule has 0 amide bonds. The number of alkyl halides is 3. The van der Waals surface area contributed by atoms with E-state index in [0.29, 0.717) is 0 Å². The van der Waals surface area contributed by atoms with E-state index in [-0.39, 0.29) is 18.5 Å². The molecular formula is C12H12F3NO3. The van der Waals surface area contributed by atoms with Crippen LogP contribution in [0.2, 0.25) is 0 Å². The number of hydrogen-bond donors (Lipinski definition) is 3. The van der Waals surface area contributed by atoms with Crippen LogP contribution in [0.4, 0.5) is 13.2 Å². The lowest BCUT2D eigenvalue weighted by molar-refractivity contribution is -0.139. The second-order valence-electron chi connectivity index (χ2n) is 4.58. The highest BCUT2D eigenvalue weighted by molar-refractivity contribution is 5.74. The maximum Gasteiger partial charge on any atom is 0.416 e. The second kappa shape index (κ2) is 4.50. The highest BCUT2D eigenvalue weighted by Crippen LogP contribution is 2.34. The van der Waals surface area contributed by atoms with Gasteiger partial charge in [0.05, 0.1) is 5.56 Å². The standard InChI is InChI=1S/C12H12F3NO3/c13-12(14,15)8-3-1-7(2-4-8)11(19)5-9(10(17)18)16-6-11/h1-4,9,16,19H,5-6H2,(H,17,18)/t9-,11?/m0/s1. The van der Waals surface area contributed by atoms with Crippen LogP contribution in [0.25, 0.3) is 0 Å². The van der Waals surface area contributed by atoms with Crippen molar-refractivity contribution in [1.82, 2.24) is 5.32 Å². The summed E-state index contributed by atoms with van der Waals surface area (Å²) in [5.41, 5.74) is -1.98. The van der Waals surface area contributed by atoms with Crippen molar-refractivity contribution in [2.75, 3.05) is 6.54 Å². The third-order valence-electron chi connectivity index (χ3n) is 3.23. The first-order valence-electron chi connectivity index (χ1n) is 5.59. The van der Waals surface area contributed by atoms with Crippen LogP contribution in [0.5, 0.6) is 0 Å².